The Kier molecular flexibility index (Phi) is 22.4. The fourth-order valence-electron chi connectivity index (χ4n) is 0.706. The van der Waals surface area contributed by atoms with Crippen molar-refractivity contribution < 1.29 is 0 Å². The molecule has 0 heterocycles. The van der Waals surface area contributed by atoms with Crippen molar-refractivity contribution in [2.24, 2.45) is 0 Å². The van der Waals surface area contributed by atoms with Gasteiger partial charge in [-0.2, -0.15) is 0 Å². The van der Waals surface area contributed by atoms with E-state index < -0.39 is 0 Å². The Morgan fingerprint density at radius 1 is 1.00 bits per heavy atom. The second-order valence-corrected chi connectivity index (χ2v) is 2.65. The van der Waals surface area contributed by atoms with Gasteiger partial charge in [-0.3, -0.25) is 0 Å². The molecule has 0 radical (unpaired) electrons. The Balaban J connectivity index is -0.000000333. The van der Waals surface area contributed by atoms with Crippen molar-refractivity contribution in [3.63, 3.8) is 0 Å². The molecule has 0 aliphatic carbocycles. The van der Waals surface area contributed by atoms with Crippen LogP contribution in [-0.2, 0) is 0 Å². The SMILES string of the molecule is C=Cc1c(Cl)cccc1Cl.[KH].[KH].[KH]. The van der Waals surface area contributed by atoms with Crippen LogP contribution in [-0.4, -0.2) is 154 Å². The first-order chi connectivity index (χ1) is 4.75. The van der Waals surface area contributed by atoms with Crippen LogP contribution >= 0.6 is 23.2 Å². The molecule has 0 N–H and O–H groups in total. The number of hydrogen-bond acceptors (Lipinski definition) is 0. The molecule has 58 valence electrons. The summed E-state index contributed by atoms with van der Waals surface area (Å²) in [5.74, 6) is 0. The Bertz CT molecular complexity index is 243. The monoisotopic (exact) mass is 292 g/mol. The molecule has 0 bridgehead atoms. The summed E-state index contributed by atoms with van der Waals surface area (Å²) < 4.78 is 0. The summed E-state index contributed by atoms with van der Waals surface area (Å²) in [6.07, 6.45) is 1.64. The van der Waals surface area contributed by atoms with Crippen LogP contribution in [0.25, 0.3) is 6.08 Å². The van der Waals surface area contributed by atoms with E-state index in [4.69, 9.17) is 23.2 Å². The third-order valence-corrected chi connectivity index (χ3v) is 1.86. The molecule has 0 spiro atoms. The molecule has 0 atom stereocenters. The van der Waals surface area contributed by atoms with E-state index >= 15 is 0 Å². The first kappa shape index (κ1) is 22.6. The summed E-state index contributed by atoms with van der Waals surface area (Å²) in [5, 5.41) is 1.28. The molecule has 1 aromatic carbocycles. The van der Waals surface area contributed by atoms with Crippen LogP contribution in [0.4, 0.5) is 0 Å². The molecule has 0 saturated carbocycles. The predicted octanol–water partition coefficient (Wildman–Crippen LogP) is 1.69. The zero-order valence-electron chi connectivity index (χ0n) is 5.27. The number of halogens is 2. The van der Waals surface area contributed by atoms with Crippen LogP contribution in [0.1, 0.15) is 5.56 Å². The van der Waals surface area contributed by atoms with E-state index in [1.807, 2.05) is 0 Å². The number of rotatable bonds is 1. The molecule has 0 aliphatic rings. The molecular weight excluding hydrogens is 284 g/mol. The topological polar surface area (TPSA) is 0 Å². The second kappa shape index (κ2) is 12.9. The fourth-order valence-corrected chi connectivity index (χ4v) is 1.26. The molecule has 5 heteroatoms. The van der Waals surface area contributed by atoms with Gasteiger partial charge in [0.1, 0.15) is 0 Å². The van der Waals surface area contributed by atoms with E-state index in [9.17, 15) is 0 Å². The summed E-state index contributed by atoms with van der Waals surface area (Å²) in [4.78, 5) is 0. The molecule has 0 nitrogen and oxygen atoms in total. The minimum atomic E-state index is 0. The van der Waals surface area contributed by atoms with Crippen molar-refractivity contribution in [1.29, 1.82) is 0 Å². The van der Waals surface area contributed by atoms with Crippen molar-refractivity contribution >= 4 is 183 Å². The molecular formula is C8H9Cl2K3. The third-order valence-electron chi connectivity index (χ3n) is 1.20. The summed E-state index contributed by atoms with van der Waals surface area (Å²) in [7, 11) is 0. The van der Waals surface area contributed by atoms with Gasteiger partial charge in [0, 0.05) is 15.6 Å². The maximum atomic E-state index is 5.77. The first-order valence-electron chi connectivity index (χ1n) is 2.82. The van der Waals surface area contributed by atoms with Gasteiger partial charge in [-0.05, 0) is 12.1 Å². The summed E-state index contributed by atoms with van der Waals surface area (Å²) in [6, 6.07) is 5.37. The zero-order chi connectivity index (χ0) is 7.56. The summed E-state index contributed by atoms with van der Waals surface area (Å²) in [6.45, 7) is 3.58. The molecule has 0 aliphatic heterocycles. The standard InChI is InChI=1S/C8H6Cl2.3K.3H/c1-2-6-7(9)4-3-5-8(6)10;;;;;;/h2-5H,1H2;;;;;;. The van der Waals surface area contributed by atoms with Gasteiger partial charge in [-0.1, -0.05) is 41.9 Å². The van der Waals surface area contributed by atoms with Crippen molar-refractivity contribution in [2.45, 2.75) is 0 Å². The van der Waals surface area contributed by atoms with Crippen molar-refractivity contribution in [1.82, 2.24) is 0 Å². The third kappa shape index (κ3) is 8.21. The number of benzene rings is 1. The van der Waals surface area contributed by atoms with Gasteiger partial charge in [0.15, 0.2) is 0 Å². The molecule has 0 amide bonds. The van der Waals surface area contributed by atoms with E-state index in [2.05, 4.69) is 6.58 Å². The number of hydrogen-bond donors (Lipinski definition) is 0. The van der Waals surface area contributed by atoms with Gasteiger partial charge in [-0.25, -0.2) is 0 Å². The average molecular weight is 293 g/mol. The molecule has 0 unspecified atom stereocenters. The van der Waals surface area contributed by atoms with Gasteiger partial charge in [0.05, 0.1) is 0 Å². The van der Waals surface area contributed by atoms with Gasteiger partial charge in [-0.15, -0.1) is 0 Å². The molecule has 0 aromatic heterocycles. The van der Waals surface area contributed by atoms with Crippen LogP contribution in [0.5, 0.6) is 0 Å². The predicted molar refractivity (Wildman–Crippen MR) is 68.0 cm³/mol. The average Bonchev–Trinajstić information content (AvgIpc) is 1.88. The zero-order valence-corrected chi connectivity index (χ0v) is 6.78. The van der Waals surface area contributed by atoms with Crippen LogP contribution in [0.2, 0.25) is 10.0 Å². The van der Waals surface area contributed by atoms with Crippen molar-refractivity contribution in [3.05, 3.63) is 40.4 Å². The normalized spacial score (nSPS) is 7.23. The van der Waals surface area contributed by atoms with Gasteiger partial charge in [0.25, 0.3) is 0 Å². The summed E-state index contributed by atoms with van der Waals surface area (Å²) >= 11 is 11.5. The Labute approximate surface area is 217 Å². The molecule has 1 aromatic rings. The van der Waals surface area contributed by atoms with E-state index in [0.29, 0.717) is 10.0 Å². The van der Waals surface area contributed by atoms with Gasteiger partial charge >= 0.3 is 154 Å². The Morgan fingerprint density at radius 2 is 1.38 bits per heavy atom. The molecule has 0 fully saturated rings. The van der Waals surface area contributed by atoms with Crippen LogP contribution in [0.3, 0.4) is 0 Å². The van der Waals surface area contributed by atoms with E-state index in [-0.39, 0.29) is 154 Å². The van der Waals surface area contributed by atoms with Gasteiger partial charge in [0.2, 0.25) is 0 Å². The van der Waals surface area contributed by atoms with E-state index in [0.717, 1.165) is 5.56 Å². The quantitative estimate of drug-likeness (QED) is 0.691. The van der Waals surface area contributed by atoms with Crippen LogP contribution in [0.15, 0.2) is 24.8 Å². The van der Waals surface area contributed by atoms with Crippen LogP contribution in [0, 0.1) is 0 Å². The first-order valence-corrected chi connectivity index (χ1v) is 3.57. The molecule has 1 rings (SSSR count). The summed E-state index contributed by atoms with van der Waals surface area (Å²) in [5.41, 5.74) is 0.797. The Morgan fingerprint density at radius 3 is 1.62 bits per heavy atom. The van der Waals surface area contributed by atoms with Crippen molar-refractivity contribution in [2.75, 3.05) is 0 Å². The van der Waals surface area contributed by atoms with E-state index in [1.165, 1.54) is 0 Å². The fraction of sp³-hybridized carbons (Fsp3) is 0. The Hall–Kier alpha value is 4.45. The minimum absolute atomic E-state index is 0. The maximum absolute atomic E-state index is 5.77. The van der Waals surface area contributed by atoms with Crippen LogP contribution < -0.4 is 0 Å². The van der Waals surface area contributed by atoms with E-state index in [1.54, 1.807) is 24.3 Å². The second-order valence-electron chi connectivity index (χ2n) is 1.84. The van der Waals surface area contributed by atoms with Gasteiger partial charge < -0.3 is 0 Å². The molecule has 13 heavy (non-hydrogen) atoms. The van der Waals surface area contributed by atoms with Crippen molar-refractivity contribution in [3.8, 4) is 0 Å². The molecule has 0 saturated heterocycles.